The number of hydrogen-bond donors (Lipinski definition) is 1. The van der Waals surface area contributed by atoms with Gasteiger partial charge in [0.15, 0.2) is 3.95 Å². The second-order valence-electron chi connectivity index (χ2n) is 4.11. The molecule has 0 aliphatic carbocycles. The highest BCUT2D eigenvalue weighted by atomic mass is 32.2. The minimum atomic E-state index is -0.0693. The molecule has 1 saturated heterocycles. The van der Waals surface area contributed by atoms with E-state index in [1.165, 1.54) is 23.1 Å². The largest absolute Gasteiger partial charge is 0.493 e. The van der Waals surface area contributed by atoms with E-state index in [0.717, 1.165) is 0 Å². The highest BCUT2D eigenvalue weighted by Gasteiger charge is 2.29. The number of nitrogens with zero attached hydrogens (tertiary/aromatic N) is 2. The van der Waals surface area contributed by atoms with E-state index in [1.807, 2.05) is 13.8 Å². The zero-order valence-electron chi connectivity index (χ0n) is 11.5. The van der Waals surface area contributed by atoms with Gasteiger partial charge in [0, 0.05) is 13.1 Å². The van der Waals surface area contributed by atoms with Gasteiger partial charge in [0.25, 0.3) is 5.91 Å². The van der Waals surface area contributed by atoms with Gasteiger partial charge in [0.1, 0.15) is 4.32 Å². The van der Waals surface area contributed by atoms with E-state index in [9.17, 15) is 9.90 Å². The molecule has 1 aliphatic heterocycles. The maximum absolute atomic E-state index is 12.0. The number of allylic oxidation sites excluding steroid dienone is 2. The van der Waals surface area contributed by atoms with E-state index in [0.29, 0.717) is 31.1 Å². The van der Waals surface area contributed by atoms with Gasteiger partial charge in [-0.1, -0.05) is 30.1 Å². The number of carbonyl (C=O) groups is 1. The standard InChI is InChI=1S/C13H14N2O2S4/c1-3-14-10(16)8(20-12(14)18)6-5-7-9-11(17)15(4-2)13(19)21-9/h5-7,16H,3-4H2,1-2H3/b6-5+,9-7-. The first kappa shape index (κ1) is 16.4. The zero-order chi connectivity index (χ0) is 15.6. The molecular weight excluding hydrogens is 344 g/mol. The first-order valence-corrected chi connectivity index (χ1v) is 8.79. The molecule has 0 saturated carbocycles. The van der Waals surface area contributed by atoms with Gasteiger partial charge in [-0.15, -0.1) is 11.3 Å². The number of rotatable bonds is 4. The molecule has 8 heteroatoms. The second-order valence-corrected chi connectivity index (χ2v) is 7.46. The minimum Gasteiger partial charge on any atom is -0.493 e. The number of thiazole rings is 1. The summed E-state index contributed by atoms with van der Waals surface area (Å²) in [5, 5.41) is 10.0. The van der Waals surface area contributed by atoms with Crippen LogP contribution in [0.3, 0.4) is 0 Å². The number of aromatic hydroxyl groups is 1. The Bertz CT molecular complexity index is 700. The summed E-state index contributed by atoms with van der Waals surface area (Å²) in [7, 11) is 0. The van der Waals surface area contributed by atoms with Crippen LogP contribution in [0.25, 0.3) is 6.08 Å². The van der Waals surface area contributed by atoms with Gasteiger partial charge >= 0.3 is 0 Å². The van der Waals surface area contributed by atoms with Crippen LogP contribution in [0.1, 0.15) is 18.7 Å². The van der Waals surface area contributed by atoms with Gasteiger partial charge in [-0.3, -0.25) is 14.3 Å². The number of carbonyl (C=O) groups excluding carboxylic acids is 1. The number of thioether (sulfide) groups is 1. The minimum absolute atomic E-state index is 0.0693. The highest BCUT2D eigenvalue weighted by molar-refractivity contribution is 8.26. The highest BCUT2D eigenvalue weighted by Crippen LogP contribution is 2.31. The van der Waals surface area contributed by atoms with Crippen molar-refractivity contribution in [1.29, 1.82) is 0 Å². The average Bonchev–Trinajstić information content (AvgIpc) is 2.87. The molecule has 0 radical (unpaired) electrons. The predicted octanol–water partition coefficient (Wildman–Crippen LogP) is 3.78. The Balaban J connectivity index is 2.20. The number of amides is 1. The fourth-order valence-electron chi connectivity index (χ4n) is 1.81. The molecule has 1 fully saturated rings. The van der Waals surface area contributed by atoms with Crippen LogP contribution < -0.4 is 0 Å². The van der Waals surface area contributed by atoms with Crippen LogP contribution in [-0.4, -0.2) is 31.3 Å². The molecule has 0 unspecified atom stereocenters. The molecule has 1 N–H and O–H groups in total. The Kier molecular flexibility index (Phi) is 5.37. The van der Waals surface area contributed by atoms with E-state index in [-0.39, 0.29) is 11.8 Å². The second kappa shape index (κ2) is 6.87. The van der Waals surface area contributed by atoms with Gasteiger partial charge < -0.3 is 5.11 Å². The Morgan fingerprint density at radius 1 is 1.29 bits per heavy atom. The van der Waals surface area contributed by atoms with Crippen molar-refractivity contribution in [2.24, 2.45) is 0 Å². The first-order valence-electron chi connectivity index (χ1n) is 6.34. The van der Waals surface area contributed by atoms with E-state index in [2.05, 4.69) is 0 Å². The number of hydrogen-bond acceptors (Lipinski definition) is 6. The summed E-state index contributed by atoms with van der Waals surface area (Å²) in [5.74, 6) is 0.0957. The fourth-order valence-corrected chi connectivity index (χ4v) is 4.49. The van der Waals surface area contributed by atoms with Crippen LogP contribution in [0.5, 0.6) is 5.88 Å². The smallest absolute Gasteiger partial charge is 0.266 e. The van der Waals surface area contributed by atoms with Crippen molar-refractivity contribution < 1.29 is 9.90 Å². The summed E-state index contributed by atoms with van der Waals surface area (Å²) < 4.78 is 2.88. The lowest BCUT2D eigenvalue weighted by Crippen LogP contribution is -2.27. The molecule has 0 atom stereocenters. The van der Waals surface area contributed by atoms with Crippen LogP contribution in [0.15, 0.2) is 17.1 Å². The van der Waals surface area contributed by atoms with E-state index >= 15 is 0 Å². The summed E-state index contributed by atoms with van der Waals surface area (Å²) in [6.45, 7) is 5.02. The van der Waals surface area contributed by atoms with Gasteiger partial charge in [0.2, 0.25) is 5.88 Å². The summed E-state index contributed by atoms with van der Waals surface area (Å²) in [4.78, 5) is 14.9. The Labute approximate surface area is 141 Å². The third-order valence-corrected chi connectivity index (χ3v) is 5.69. The SMILES string of the molecule is CCN1C(=O)/C(=C/C=C/c2sc(=S)n(CC)c2O)SC1=S. The van der Waals surface area contributed by atoms with Crippen molar-refractivity contribution >= 4 is 63.8 Å². The van der Waals surface area contributed by atoms with Crippen molar-refractivity contribution in [3.63, 3.8) is 0 Å². The molecule has 4 nitrogen and oxygen atoms in total. The molecule has 112 valence electrons. The topological polar surface area (TPSA) is 45.5 Å². The van der Waals surface area contributed by atoms with Crippen LogP contribution in [0.2, 0.25) is 0 Å². The average molecular weight is 359 g/mol. The fraction of sp³-hybridized carbons (Fsp3) is 0.308. The number of likely N-dealkylation sites (N-methyl/N-ethyl adjacent to an activating group) is 1. The van der Waals surface area contributed by atoms with Crippen LogP contribution in [0, 0.1) is 3.95 Å². The predicted molar refractivity (Wildman–Crippen MR) is 95.2 cm³/mol. The molecule has 2 heterocycles. The quantitative estimate of drug-likeness (QED) is 0.655. The Morgan fingerprint density at radius 2 is 2.00 bits per heavy atom. The van der Waals surface area contributed by atoms with Crippen molar-refractivity contribution in [3.8, 4) is 5.88 Å². The number of aromatic nitrogens is 1. The molecular formula is C13H14N2O2S4. The zero-order valence-corrected chi connectivity index (χ0v) is 14.8. The van der Waals surface area contributed by atoms with Gasteiger partial charge in [-0.05, 0) is 38.2 Å². The van der Waals surface area contributed by atoms with E-state index in [1.54, 1.807) is 27.7 Å². The molecule has 1 amide bonds. The maximum atomic E-state index is 12.0. The lowest BCUT2D eigenvalue weighted by atomic mass is 10.3. The molecule has 21 heavy (non-hydrogen) atoms. The van der Waals surface area contributed by atoms with Gasteiger partial charge in [-0.2, -0.15) is 0 Å². The molecule has 1 aliphatic rings. The van der Waals surface area contributed by atoms with Gasteiger partial charge in [0.05, 0.1) is 9.78 Å². The molecule has 0 bridgehead atoms. The first-order chi connectivity index (χ1) is 9.99. The van der Waals surface area contributed by atoms with Crippen molar-refractivity contribution in [3.05, 3.63) is 25.9 Å². The molecule has 0 spiro atoms. The van der Waals surface area contributed by atoms with Crippen LogP contribution >= 0.6 is 47.5 Å². The number of thiocarbonyl (C=S) groups is 1. The summed E-state index contributed by atoms with van der Waals surface area (Å²) in [6.07, 6.45) is 5.20. The normalized spacial score (nSPS) is 17.6. The molecule has 0 aromatic carbocycles. The van der Waals surface area contributed by atoms with E-state index < -0.39 is 0 Å². The van der Waals surface area contributed by atoms with Crippen LogP contribution in [-0.2, 0) is 11.3 Å². The molecule has 1 aromatic heterocycles. The van der Waals surface area contributed by atoms with Crippen molar-refractivity contribution in [2.75, 3.05) is 6.54 Å². The lowest BCUT2D eigenvalue weighted by Gasteiger charge is -2.09. The third-order valence-electron chi connectivity index (χ3n) is 2.89. The molecule has 2 rings (SSSR count). The van der Waals surface area contributed by atoms with Crippen LogP contribution in [0.4, 0.5) is 0 Å². The maximum Gasteiger partial charge on any atom is 0.266 e. The van der Waals surface area contributed by atoms with E-state index in [4.69, 9.17) is 24.4 Å². The Hall–Kier alpha value is -0.960. The molecule has 1 aromatic rings. The summed E-state index contributed by atoms with van der Waals surface area (Å²) >= 11 is 12.9. The lowest BCUT2D eigenvalue weighted by molar-refractivity contribution is -0.122. The third kappa shape index (κ3) is 3.28. The summed E-state index contributed by atoms with van der Waals surface area (Å²) in [5.41, 5.74) is 0. The van der Waals surface area contributed by atoms with Gasteiger partial charge in [-0.25, -0.2) is 0 Å². The summed E-state index contributed by atoms with van der Waals surface area (Å²) in [6, 6.07) is 0. The van der Waals surface area contributed by atoms with Crippen molar-refractivity contribution in [1.82, 2.24) is 9.47 Å². The monoisotopic (exact) mass is 358 g/mol. The van der Waals surface area contributed by atoms with Crippen molar-refractivity contribution in [2.45, 2.75) is 20.4 Å². The Morgan fingerprint density at radius 3 is 2.52 bits per heavy atom.